The van der Waals surface area contributed by atoms with Crippen molar-refractivity contribution in [1.82, 2.24) is 5.43 Å². The number of phenolic OH excluding ortho intramolecular Hbond substituents is 1. The number of anilines is 1. The van der Waals surface area contributed by atoms with E-state index in [-0.39, 0.29) is 29.7 Å². The van der Waals surface area contributed by atoms with Gasteiger partial charge in [0.1, 0.15) is 0 Å². The van der Waals surface area contributed by atoms with Gasteiger partial charge in [-0.25, -0.2) is 5.43 Å². The molecule has 2 aromatic carbocycles. The summed E-state index contributed by atoms with van der Waals surface area (Å²) in [5.74, 6) is 0.143. The van der Waals surface area contributed by atoms with Crippen molar-refractivity contribution in [2.75, 3.05) is 26.1 Å². The van der Waals surface area contributed by atoms with E-state index in [0.717, 1.165) is 11.3 Å². The van der Waals surface area contributed by atoms with E-state index in [0.29, 0.717) is 5.56 Å². The molecule has 0 aliphatic rings. The van der Waals surface area contributed by atoms with E-state index in [2.05, 4.69) is 15.8 Å². The highest BCUT2D eigenvalue weighted by Gasteiger charge is 2.10. The van der Waals surface area contributed by atoms with Gasteiger partial charge in [0.2, 0.25) is 5.75 Å². The molecule has 0 radical (unpaired) electrons. The monoisotopic (exact) mass is 343 g/mol. The van der Waals surface area contributed by atoms with E-state index in [1.54, 1.807) is 12.1 Å². The fraction of sp³-hybridized carbons (Fsp3) is 0.222. The van der Waals surface area contributed by atoms with E-state index in [1.165, 1.54) is 20.4 Å². The minimum atomic E-state index is -0.283. The first kappa shape index (κ1) is 18.1. The smallest absolute Gasteiger partial charge is 0.259 e. The van der Waals surface area contributed by atoms with Crippen LogP contribution in [0.4, 0.5) is 5.69 Å². The zero-order valence-corrected chi connectivity index (χ0v) is 14.4. The van der Waals surface area contributed by atoms with Gasteiger partial charge in [0.05, 0.1) is 27.0 Å². The van der Waals surface area contributed by atoms with E-state index in [9.17, 15) is 9.90 Å². The molecule has 0 aromatic heterocycles. The minimum Gasteiger partial charge on any atom is -0.502 e. The second kappa shape index (κ2) is 8.58. The molecule has 0 saturated heterocycles. The predicted molar refractivity (Wildman–Crippen MR) is 96.6 cm³/mol. The van der Waals surface area contributed by atoms with Crippen molar-refractivity contribution in [2.45, 2.75) is 6.92 Å². The minimum absolute atomic E-state index is 0.0894. The Kier molecular flexibility index (Phi) is 6.22. The van der Waals surface area contributed by atoms with Crippen LogP contribution in [-0.4, -0.2) is 38.0 Å². The Morgan fingerprint density at radius 2 is 1.76 bits per heavy atom. The Morgan fingerprint density at radius 3 is 2.32 bits per heavy atom. The molecule has 0 unspecified atom stereocenters. The third-order valence-electron chi connectivity index (χ3n) is 3.41. The molecule has 0 aliphatic carbocycles. The van der Waals surface area contributed by atoms with Gasteiger partial charge in [0.15, 0.2) is 11.5 Å². The lowest BCUT2D eigenvalue weighted by molar-refractivity contribution is -0.119. The SMILES string of the molecule is COc1cc(/C=N/NC(=O)CNc2ccc(C)cc2)cc(OC)c1O. The molecule has 1 amide bonds. The summed E-state index contributed by atoms with van der Waals surface area (Å²) in [6.45, 7) is 2.10. The Bertz CT molecular complexity index is 732. The zero-order chi connectivity index (χ0) is 18.2. The first-order chi connectivity index (χ1) is 12.0. The maximum atomic E-state index is 11.8. The molecule has 25 heavy (non-hydrogen) atoms. The van der Waals surface area contributed by atoms with Gasteiger partial charge in [-0.2, -0.15) is 5.10 Å². The fourth-order valence-electron chi connectivity index (χ4n) is 2.06. The van der Waals surface area contributed by atoms with Gasteiger partial charge in [-0.3, -0.25) is 4.79 Å². The third kappa shape index (κ3) is 5.13. The summed E-state index contributed by atoms with van der Waals surface area (Å²) in [6.07, 6.45) is 1.44. The molecule has 0 spiro atoms. The van der Waals surface area contributed by atoms with Crippen molar-refractivity contribution in [1.29, 1.82) is 0 Å². The molecule has 132 valence electrons. The second-order valence-electron chi connectivity index (χ2n) is 5.29. The highest BCUT2D eigenvalue weighted by molar-refractivity contribution is 5.85. The van der Waals surface area contributed by atoms with Gasteiger partial charge in [-0.1, -0.05) is 17.7 Å². The Morgan fingerprint density at radius 1 is 1.16 bits per heavy atom. The van der Waals surface area contributed by atoms with Crippen molar-refractivity contribution in [3.63, 3.8) is 0 Å². The summed E-state index contributed by atoms with van der Waals surface area (Å²) in [4.78, 5) is 11.8. The molecule has 7 nitrogen and oxygen atoms in total. The second-order valence-corrected chi connectivity index (χ2v) is 5.29. The quantitative estimate of drug-likeness (QED) is 0.530. The number of hydrogen-bond acceptors (Lipinski definition) is 6. The lowest BCUT2D eigenvalue weighted by Gasteiger charge is -2.09. The summed E-state index contributed by atoms with van der Waals surface area (Å²) in [5, 5.41) is 16.7. The van der Waals surface area contributed by atoms with Crippen LogP contribution in [0.15, 0.2) is 41.5 Å². The lowest BCUT2D eigenvalue weighted by atomic mass is 10.2. The van der Waals surface area contributed by atoms with Crippen LogP contribution in [0.25, 0.3) is 0 Å². The topological polar surface area (TPSA) is 92.2 Å². The average molecular weight is 343 g/mol. The molecule has 0 saturated carbocycles. The Labute approximate surface area is 146 Å². The molecular weight excluding hydrogens is 322 g/mol. The van der Waals surface area contributed by atoms with Gasteiger partial charge in [0.25, 0.3) is 5.91 Å². The number of nitrogens with one attached hydrogen (secondary N) is 2. The van der Waals surface area contributed by atoms with Gasteiger partial charge >= 0.3 is 0 Å². The zero-order valence-electron chi connectivity index (χ0n) is 14.4. The number of phenols is 1. The highest BCUT2D eigenvalue weighted by Crippen LogP contribution is 2.36. The number of hydrogen-bond donors (Lipinski definition) is 3. The maximum absolute atomic E-state index is 11.8. The summed E-state index contributed by atoms with van der Waals surface area (Å²) < 4.78 is 10.1. The third-order valence-corrected chi connectivity index (χ3v) is 3.41. The van der Waals surface area contributed by atoms with E-state index in [4.69, 9.17) is 9.47 Å². The van der Waals surface area contributed by atoms with Gasteiger partial charge < -0.3 is 19.9 Å². The van der Waals surface area contributed by atoms with Crippen LogP contribution >= 0.6 is 0 Å². The number of carbonyl (C=O) groups excluding carboxylic acids is 1. The van der Waals surface area contributed by atoms with Gasteiger partial charge in [-0.15, -0.1) is 0 Å². The normalized spacial score (nSPS) is 10.5. The summed E-state index contributed by atoms with van der Waals surface area (Å²) in [5.41, 5.74) is 5.05. The number of aromatic hydroxyl groups is 1. The number of carbonyl (C=O) groups is 1. The van der Waals surface area contributed by atoms with Crippen LogP contribution in [0.1, 0.15) is 11.1 Å². The number of amides is 1. The van der Waals surface area contributed by atoms with Crippen LogP contribution < -0.4 is 20.2 Å². The van der Waals surface area contributed by atoms with Gasteiger partial charge in [-0.05, 0) is 31.2 Å². The Hall–Kier alpha value is -3.22. The van der Waals surface area contributed by atoms with Crippen molar-refractivity contribution >= 4 is 17.8 Å². The average Bonchev–Trinajstić information content (AvgIpc) is 2.62. The molecule has 0 bridgehead atoms. The molecule has 0 aliphatic heterocycles. The standard InChI is InChI=1S/C18H21N3O4/c1-12-4-6-14(7-5-12)19-11-17(22)21-20-10-13-8-15(24-2)18(23)16(9-13)25-3/h4-10,19,23H,11H2,1-3H3,(H,21,22)/b20-10+. The summed E-state index contributed by atoms with van der Waals surface area (Å²) in [6, 6.07) is 10.9. The van der Waals surface area contributed by atoms with Crippen molar-refractivity contribution in [3.05, 3.63) is 47.5 Å². The molecule has 0 atom stereocenters. The number of methoxy groups -OCH3 is 2. The molecule has 3 N–H and O–H groups in total. The number of nitrogens with zero attached hydrogens (tertiary/aromatic N) is 1. The van der Waals surface area contributed by atoms with Crippen LogP contribution in [0.3, 0.4) is 0 Å². The van der Waals surface area contributed by atoms with Gasteiger partial charge in [0, 0.05) is 11.3 Å². The van der Waals surface area contributed by atoms with Crippen molar-refractivity contribution in [2.24, 2.45) is 5.10 Å². The first-order valence-corrected chi connectivity index (χ1v) is 7.61. The number of ether oxygens (including phenoxy) is 2. The van der Waals surface area contributed by atoms with E-state index >= 15 is 0 Å². The first-order valence-electron chi connectivity index (χ1n) is 7.61. The predicted octanol–water partition coefficient (Wildman–Crippen LogP) is 2.28. The number of hydrazone groups is 1. The largest absolute Gasteiger partial charge is 0.502 e. The highest BCUT2D eigenvalue weighted by atomic mass is 16.5. The van der Waals surface area contributed by atoms with Crippen molar-refractivity contribution in [3.8, 4) is 17.2 Å². The molecule has 7 heteroatoms. The number of rotatable bonds is 7. The maximum Gasteiger partial charge on any atom is 0.259 e. The fourth-order valence-corrected chi connectivity index (χ4v) is 2.06. The van der Waals surface area contributed by atoms with Crippen LogP contribution in [-0.2, 0) is 4.79 Å². The van der Waals surface area contributed by atoms with Crippen LogP contribution in [0.2, 0.25) is 0 Å². The number of benzene rings is 2. The Balaban J connectivity index is 1.91. The lowest BCUT2D eigenvalue weighted by Crippen LogP contribution is -2.25. The van der Waals surface area contributed by atoms with Crippen molar-refractivity contribution < 1.29 is 19.4 Å². The van der Waals surface area contributed by atoms with E-state index in [1.807, 2.05) is 31.2 Å². The number of aryl methyl sites for hydroxylation is 1. The van der Waals surface area contributed by atoms with E-state index < -0.39 is 0 Å². The molecule has 0 heterocycles. The van der Waals surface area contributed by atoms with Crippen LogP contribution in [0, 0.1) is 6.92 Å². The summed E-state index contributed by atoms with van der Waals surface area (Å²) in [7, 11) is 2.88. The molecule has 2 aromatic rings. The molecule has 0 fully saturated rings. The van der Waals surface area contributed by atoms with Crippen LogP contribution in [0.5, 0.6) is 17.2 Å². The summed E-state index contributed by atoms with van der Waals surface area (Å²) >= 11 is 0. The molecular formula is C18H21N3O4. The molecule has 2 rings (SSSR count).